The predicted octanol–water partition coefficient (Wildman–Crippen LogP) is 2.24. The fraction of sp³-hybridized carbons (Fsp3) is 0.385. The first-order valence-corrected chi connectivity index (χ1v) is 7.50. The molecule has 0 aliphatic carbocycles. The summed E-state index contributed by atoms with van der Waals surface area (Å²) in [5.41, 5.74) is 1.61. The third-order valence-electron chi connectivity index (χ3n) is 3.31. The van der Waals surface area contributed by atoms with Crippen LogP contribution in [0.2, 0.25) is 5.02 Å². The van der Waals surface area contributed by atoms with Gasteiger partial charge in [-0.1, -0.05) is 11.6 Å². The molecule has 0 amide bonds. The molecule has 3 aromatic heterocycles. The fourth-order valence-corrected chi connectivity index (χ4v) is 2.61. The molecule has 8 heteroatoms. The Labute approximate surface area is 131 Å². The van der Waals surface area contributed by atoms with Gasteiger partial charge in [0, 0.05) is 38.5 Å². The Hall–Kier alpha value is -1.66. The molecule has 0 N–H and O–H groups in total. The van der Waals surface area contributed by atoms with Gasteiger partial charge in [0.25, 0.3) is 0 Å². The number of aryl methyl sites for hydroxylation is 4. The minimum Gasteiger partial charge on any atom is -0.321 e. The van der Waals surface area contributed by atoms with E-state index in [9.17, 15) is 0 Å². The van der Waals surface area contributed by atoms with E-state index in [1.165, 1.54) is 0 Å². The molecule has 0 aliphatic rings. The molecular formula is C13H14Cl2N6. The standard InChI is InChI=1S/C13H14Cl2N6/c1-20-8-17-19-12(20)3-5-21-11(2-4-14)18-10-6-9(15)7-16-13(10)21/h6-8H,2-5H2,1H3. The summed E-state index contributed by atoms with van der Waals surface area (Å²) in [6, 6.07) is 1.82. The van der Waals surface area contributed by atoms with E-state index in [0.29, 0.717) is 17.3 Å². The first kappa shape index (κ1) is 14.3. The zero-order chi connectivity index (χ0) is 14.8. The summed E-state index contributed by atoms with van der Waals surface area (Å²) in [5.74, 6) is 2.35. The van der Waals surface area contributed by atoms with E-state index in [1.54, 1.807) is 12.5 Å². The van der Waals surface area contributed by atoms with Crippen molar-refractivity contribution in [1.82, 2.24) is 29.3 Å². The van der Waals surface area contributed by atoms with Crippen LogP contribution < -0.4 is 0 Å². The quantitative estimate of drug-likeness (QED) is 0.675. The van der Waals surface area contributed by atoms with Crippen LogP contribution >= 0.6 is 23.2 Å². The normalized spacial score (nSPS) is 11.4. The molecule has 0 spiro atoms. The highest BCUT2D eigenvalue weighted by Crippen LogP contribution is 2.19. The van der Waals surface area contributed by atoms with Crippen LogP contribution in [-0.4, -0.2) is 35.2 Å². The number of hydrogen-bond acceptors (Lipinski definition) is 4. The van der Waals surface area contributed by atoms with Gasteiger partial charge in [-0.05, 0) is 6.07 Å². The number of alkyl halides is 1. The summed E-state index contributed by atoms with van der Waals surface area (Å²) in [5, 5.41) is 8.57. The minimum atomic E-state index is 0.515. The van der Waals surface area contributed by atoms with E-state index >= 15 is 0 Å². The van der Waals surface area contributed by atoms with Crippen molar-refractivity contribution in [1.29, 1.82) is 0 Å². The van der Waals surface area contributed by atoms with Gasteiger partial charge in [0.05, 0.1) is 5.02 Å². The smallest absolute Gasteiger partial charge is 0.160 e. The fourth-order valence-electron chi connectivity index (χ4n) is 2.29. The van der Waals surface area contributed by atoms with Gasteiger partial charge in [-0.3, -0.25) is 0 Å². The largest absolute Gasteiger partial charge is 0.321 e. The zero-order valence-electron chi connectivity index (χ0n) is 11.5. The summed E-state index contributed by atoms with van der Waals surface area (Å²) >= 11 is 11.8. The van der Waals surface area contributed by atoms with Crippen molar-refractivity contribution in [2.45, 2.75) is 19.4 Å². The van der Waals surface area contributed by atoms with Gasteiger partial charge < -0.3 is 9.13 Å². The lowest BCUT2D eigenvalue weighted by Gasteiger charge is -2.07. The third-order valence-corrected chi connectivity index (χ3v) is 3.71. The maximum atomic E-state index is 5.98. The summed E-state index contributed by atoms with van der Waals surface area (Å²) in [7, 11) is 1.93. The van der Waals surface area contributed by atoms with Gasteiger partial charge in [-0.25, -0.2) is 9.97 Å². The topological polar surface area (TPSA) is 61.4 Å². The van der Waals surface area contributed by atoms with Gasteiger partial charge in [0.1, 0.15) is 23.5 Å². The molecule has 0 radical (unpaired) electrons. The molecule has 3 aromatic rings. The van der Waals surface area contributed by atoms with Crippen molar-refractivity contribution >= 4 is 34.4 Å². The lowest BCUT2D eigenvalue weighted by Crippen LogP contribution is -2.10. The first-order chi connectivity index (χ1) is 10.2. The van der Waals surface area contributed by atoms with E-state index in [1.807, 2.05) is 17.7 Å². The second kappa shape index (κ2) is 5.99. The Kier molecular flexibility index (Phi) is 4.07. The molecule has 3 rings (SSSR count). The number of rotatable bonds is 5. The molecule has 0 saturated carbocycles. The number of imidazole rings is 1. The Morgan fingerprint density at radius 2 is 2.10 bits per heavy atom. The number of halogens is 2. The summed E-state index contributed by atoms with van der Waals surface area (Å²) in [6.45, 7) is 0.726. The second-order valence-electron chi connectivity index (χ2n) is 4.72. The molecule has 0 saturated heterocycles. The lowest BCUT2D eigenvalue weighted by molar-refractivity contribution is 0.633. The number of pyridine rings is 1. The van der Waals surface area contributed by atoms with Crippen LogP contribution in [0.1, 0.15) is 11.6 Å². The van der Waals surface area contributed by atoms with Crippen LogP contribution in [0.5, 0.6) is 0 Å². The van der Waals surface area contributed by atoms with Gasteiger partial charge in [0.15, 0.2) is 5.65 Å². The molecule has 0 bridgehead atoms. The molecule has 0 fully saturated rings. The van der Waals surface area contributed by atoms with Crippen LogP contribution in [0, 0.1) is 0 Å². The van der Waals surface area contributed by atoms with E-state index in [4.69, 9.17) is 23.2 Å². The molecule has 21 heavy (non-hydrogen) atoms. The van der Waals surface area contributed by atoms with Crippen molar-refractivity contribution in [3.63, 3.8) is 0 Å². The number of fused-ring (bicyclic) bond motifs is 1. The van der Waals surface area contributed by atoms with Gasteiger partial charge >= 0.3 is 0 Å². The highest BCUT2D eigenvalue weighted by atomic mass is 35.5. The molecule has 6 nitrogen and oxygen atoms in total. The van der Waals surface area contributed by atoms with Crippen LogP contribution in [-0.2, 0) is 26.4 Å². The van der Waals surface area contributed by atoms with Crippen molar-refractivity contribution in [3.05, 3.63) is 35.3 Å². The molecule has 0 atom stereocenters. The Morgan fingerprint density at radius 3 is 2.81 bits per heavy atom. The Morgan fingerprint density at radius 1 is 1.24 bits per heavy atom. The number of nitrogens with zero attached hydrogens (tertiary/aromatic N) is 6. The summed E-state index contributed by atoms with van der Waals surface area (Å²) in [4.78, 5) is 8.96. The van der Waals surface area contributed by atoms with E-state index < -0.39 is 0 Å². The SMILES string of the molecule is Cn1cnnc1CCn1c(CCCl)nc2cc(Cl)cnc21. The van der Waals surface area contributed by atoms with Crippen LogP contribution in [0.15, 0.2) is 18.6 Å². The predicted molar refractivity (Wildman–Crippen MR) is 81.7 cm³/mol. The first-order valence-electron chi connectivity index (χ1n) is 6.58. The molecule has 0 unspecified atom stereocenters. The van der Waals surface area contributed by atoms with Crippen molar-refractivity contribution in [3.8, 4) is 0 Å². The third kappa shape index (κ3) is 2.87. The molecule has 110 valence electrons. The van der Waals surface area contributed by atoms with Crippen LogP contribution in [0.4, 0.5) is 0 Å². The maximum Gasteiger partial charge on any atom is 0.160 e. The highest BCUT2D eigenvalue weighted by Gasteiger charge is 2.13. The molecule has 0 aliphatic heterocycles. The molecule has 0 aromatic carbocycles. The van der Waals surface area contributed by atoms with Crippen molar-refractivity contribution in [2.75, 3.05) is 5.88 Å². The van der Waals surface area contributed by atoms with Crippen LogP contribution in [0.3, 0.4) is 0 Å². The molecule has 3 heterocycles. The number of aromatic nitrogens is 6. The summed E-state index contributed by atoms with van der Waals surface area (Å²) < 4.78 is 3.98. The summed E-state index contributed by atoms with van der Waals surface area (Å²) in [6.07, 6.45) is 4.77. The molecular weight excluding hydrogens is 311 g/mol. The van der Waals surface area contributed by atoms with Gasteiger partial charge in [-0.15, -0.1) is 21.8 Å². The van der Waals surface area contributed by atoms with E-state index in [0.717, 1.165) is 35.8 Å². The zero-order valence-corrected chi connectivity index (χ0v) is 13.0. The lowest BCUT2D eigenvalue weighted by atomic mass is 10.3. The Balaban J connectivity index is 1.95. The Bertz CT molecular complexity index is 763. The second-order valence-corrected chi connectivity index (χ2v) is 5.54. The minimum absolute atomic E-state index is 0.515. The average Bonchev–Trinajstić information content (AvgIpc) is 3.00. The van der Waals surface area contributed by atoms with Gasteiger partial charge in [-0.2, -0.15) is 0 Å². The maximum absolute atomic E-state index is 5.98. The van der Waals surface area contributed by atoms with Gasteiger partial charge in [0.2, 0.25) is 0 Å². The van der Waals surface area contributed by atoms with E-state index in [-0.39, 0.29) is 0 Å². The van der Waals surface area contributed by atoms with E-state index in [2.05, 4.69) is 24.7 Å². The van der Waals surface area contributed by atoms with Crippen molar-refractivity contribution < 1.29 is 0 Å². The highest BCUT2D eigenvalue weighted by molar-refractivity contribution is 6.31. The number of hydrogen-bond donors (Lipinski definition) is 0. The average molecular weight is 325 g/mol. The van der Waals surface area contributed by atoms with Crippen molar-refractivity contribution in [2.24, 2.45) is 7.05 Å². The van der Waals surface area contributed by atoms with Crippen LogP contribution in [0.25, 0.3) is 11.2 Å². The monoisotopic (exact) mass is 324 g/mol.